The summed E-state index contributed by atoms with van der Waals surface area (Å²) in [6.45, 7) is 4.79. The molecule has 0 aliphatic carbocycles. The number of carbonyl (C=O) groups is 1. The first-order valence-electron chi connectivity index (χ1n) is 11.0. The van der Waals surface area contributed by atoms with Crippen LogP contribution in [0.2, 0.25) is 0 Å². The molecule has 0 bridgehead atoms. The minimum Gasteiger partial charge on any atom is -0.484 e. The summed E-state index contributed by atoms with van der Waals surface area (Å²) in [7, 11) is 0. The van der Waals surface area contributed by atoms with Crippen LogP contribution in [-0.2, 0) is 11.3 Å². The zero-order valence-corrected chi connectivity index (χ0v) is 17.8. The highest BCUT2D eigenvalue weighted by molar-refractivity contribution is 5.78. The minimum absolute atomic E-state index is 0.000481. The molecular formula is C24H27N3O4. The highest BCUT2D eigenvalue weighted by Gasteiger charge is 2.28. The standard InChI is InChI=1S/C24H27N3O4/c1-2-11-27-20-8-4-3-7-19(20)25-24(27)17-6-5-12-26(14-17)23(28)15-29-18-9-10-21-22(13-18)31-16-30-21/h3-4,7-10,13,17H,2,5-6,11-12,14-16H2,1H3. The van der Waals surface area contributed by atoms with Crippen LogP contribution in [0.3, 0.4) is 0 Å². The van der Waals surface area contributed by atoms with Crippen LogP contribution in [0.25, 0.3) is 11.0 Å². The number of likely N-dealkylation sites (tertiary alicyclic amines) is 1. The van der Waals surface area contributed by atoms with Crippen molar-refractivity contribution in [3.63, 3.8) is 0 Å². The Morgan fingerprint density at radius 1 is 1.19 bits per heavy atom. The molecule has 1 unspecified atom stereocenters. The van der Waals surface area contributed by atoms with Crippen molar-refractivity contribution >= 4 is 16.9 Å². The maximum absolute atomic E-state index is 12.9. The zero-order chi connectivity index (χ0) is 21.2. The van der Waals surface area contributed by atoms with Gasteiger partial charge in [-0.15, -0.1) is 0 Å². The predicted octanol–water partition coefficient (Wildman–Crippen LogP) is 3.96. The summed E-state index contributed by atoms with van der Waals surface area (Å²) >= 11 is 0. The second-order valence-corrected chi connectivity index (χ2v) is 8.09. The van der Waals surface area contributed by atoms with Gasteiger partial charge in [-0.25, -0.2) is 4.98 Å². The molecule has 2 aliphatic heterocycles. The van der Waals surface area contributed by atoms with Gasteiger partial charge in [0.25, 0.3) is 5.91 Å². The van der Waals surface area contributed by atoms with E-state index >= 15 is 0 Å². The molecule has 0 radical (unpaired) electrons. The summed E-state index contributed by atoms with van der Waals surface area (Å²) in [4.78, 5) is 19.7. The number of nitrogens with zero attached hydrogens (tertiary/aromatic N) is 3. The fourth-order valence-corrected chi connectivity index (χ4v) is 4.48. The van der Waals surface area contributed by atoms with Crippen molar-refractivity contribution in [3.8, 4) is 17.2 Å². The highest BCUT2D eigenvalue weighted by Crippen LogP contribution is 2.35. The third-order valence-electron chi connectivity index (χ3n) is 5.98. The number of para-hydroxylation sites is 2. The SMILES string of the molecule is CCCn1c(C2CCCN(C(=O)COc3ccc4c(c3)OCO4)C2)nc2ccccc21. The molecule has 0 saturated carbocycles. The van der Waals surface area contributed by atoms with E-state index in [4.69, 9.17) is 19.2 Å². The number of amides is 1. The van der Waals surface area contributed by atoms with E-state index in [1.54, 1.807) is 18.2 Å². The van der Waals surface area contributed by atoms with Crippen molar-refractivity contribution in [1.82, 2.24) is 14.5 Å². The van der Waals surface area contributed by atoms with Gasteiger partial charge < -0.3 is 23.7 Å². The first-order chi connectivity index (χ1) is 15.2. The van der Waals surface area contributed by atoms with E-state index in [0.717, 1.165) is 43.7 Å². The molecule has 162 valence electrons. The molecule has 5 rings (SSSR count). The van der Waals surface area contributed by atoms with Gasteiger partial charge in [0.2, 0.25) is 6.79 Å². The van der Waals surface area contributed by atoms with Crippen LogP contribution < -0.4 is 14.2 Å². The second kappa shape index (κ2) is 8.49. The lowest BCUT2D eigenvalue weighted by Gasteiger charge is -2.32. The van der Waals surface area contributed by atoms with Gasteiger partial charge in [0.15, 0.2) is 18.1 Å². The minimum atomic E-state index is 0.000481. The van der Waals surface area contributed by atoms with Crippen molar-refractivity contribution in [2.45, 2.75) is 38.6 Å². The van der Waals surface area contributed by atoms with Crippen molar-refractivity contribution in [2.24, 2.45) is 0 Å². The van der Waals surface area contributed by atoms with Crippen LogP contribution in [0.5, 0.6) is 17.2 Å². The molecule has 0 N–H and O–H groups in total. The fraction of sp³-hybridized carbons (Fsp3) is 0.417. The number of benzene rings is 2. The molecule has 7 nitrogen and oxygen atoms in total. The second-order valence-electron chi connectivity index (χ2n) is 8.09. The van der Waals surface area contributed by atoms with Gasteiger partial charge in [-0.1, -0.05) is 19.1 Å². The molecule has 2 aliphatic rings. The maximum Gasteiger partial charge on any atom is 0.260 e. The molecule has 31 heavy (non-hydrogen) atoms. The summed E-state index contributed by atoms with van der Waals surface area (Å²) in [6, 6.07) is 13.7. The molecule has 1 aromatic heterocycles. The largest absolute Gasteiger partial charge is 0.484 e. The Morgan fingerprint density at radius 3 is 2.97 bits per heavy atom. The van der Waals surface area contributed by atoms with Gasteiger partial charge in [-0.3, -0.25) is 4.79 Å². The van der Waals surface area contributed by atoms with Gasteiger partial charge in [0, 0.05) is 31.6 Å². The summed E-state index contributed by atoms with van der Waals surface area (Å²) in [5.74, 6) is 3.29. The van der Waals surface area contributed by atoms with Crippen molar-refractivity contribution in [1.29, 1.82) is 0 Å². The summed E-state index contributed by atoms with van der Waals surface area (Å²) in [5.41, 5.74) is 2.20. The van der Waals surface area contributed by atoms with E-state index in [0.29, 0.717) is 23.8 Å². The Balaban J connectivity index is 1.27. The van der Waals surface area contributed by atoms with Gasteiger partial charge >= 0.3 is 0 Å². The van der Waals surface area contributed by atoms with Gasteiger partial charge in [-0.05, 0) is 43.5 Å². The van der Waals surface area contributed by atoms with E-state index in [1.807, 2.05) is 11.0 Å². The van der Waals surface area contributed by atoms with E-state index < -0.39 is 0 Å². The fourth-order valence-electron chi connectivity index (χ4n) is 4.48. The maximum atomic E-state index is 12.9. The van der Waals surface area contributed by atoms with Gasteiger partial charge in [0.05, 0.1) is 11.0 Å². The van der Waals surface area contributed by atoms with Gasteiger partial charge in [-0.2, -0.15) is 0 Å². The van der Waals surface area contributed by atoms with Crippen LogP contribution in [0.15, 0.2) is 42.5 Å². The number of hydrogen-bond donors (Lipinski definition) is 0. The molecule has 3 heterocycles. The monoisotopic (exact) mass is 421 g/mol. The Labute approximate surface area is 181 Å². The Kier molecular flexibility index (Phi) is 5.40. The summed E-state index contributed by atoms with van der Waals surface area (Å²) in [5, 5.41) is 0. The van der Waals surface area contributed by atoms with Crippen LogP contribution >= 0.6 is 0 Å². The lowest BCUT2D eigenvalue weighted by molar-refractivity contribution is -0.134. The number of rotatable bonds is 6. The third kappa shape index (κ3) is 3.92. The quantitative estimate of drug-likeness (QED) is 0.603. The molecule has 1 atom stereocenters. The summed E-state index contributed by atoms with van der Waals surface area (Å²) in [6.07, 6.45) is 3.06. The number of carbonyl (C=O) groups excluding carboxylic acids is 1. The Morgan fingerprint density at radius 2 is 2.06 bits per heavy atom. The first kappa shape index (κ1) is 19.7. The normalized spacial score (nSPS) is 17.8. The lowest BCUT2D eigenvalue weighted by atomic mass is 9.97. The Hall–Kier alpha value is -3.22. The van der Waals surface area contributed by atoms with E-state index in [1.165, 1.54) is 5.52 Å². The number of aromatic nitrogens is 2. The van der Waals surface area contributed by atoms with Crippen LogP contribution in [-0.4, -0.2) is 46.8 Å². The van der Waals surface area contributed by atoms with E-state index in [9.17, 15) is 4.79 Å². The molecule has 1 amide bonds. The molecule has 0 spiro atoms. The third-order valence-corrected chi connectivity index (χ3v) is 5.98. The number of piperidine rings is 1. The smallest absolute Gasteiger partial charge is 0.260 e. The average molecular weight is 421 g/mol. The average Bonchev–Trinajstić information content (AvgIpc) is 3.42. The molecule has 1 fully saturated rings. The highest BCUT2D eigenvalue weighted by atomic mass is 16.7. The van der Waals surface area contributed by atoms with Gasteiger partial charge in [0.1, 0.15) is 11.6 Å². The van der Waals surface area contributed by atoms with Crippen molar-refractivity contribution in [2.75, 3.05) is 26.5 Å². The van der Waals surface area contributed by atoms with Crippen LogP contribution in [0.1, 0.15) is 37.9 Å². The number of ether oxygens (including phenoxy) is 3. The van der Waals surface area contributed by atoms with Crippen LogP contribution in [0.4, 0.5) is 0 Å². The van der Waals surface area contributed by atoms with Crippen LogP contribution in [0, 0.1) is 0 Å². The molecule has 3 aromatic rings. The number of hydrogen-bond acceptors (Lipinski definition) is 5. The van der Waals surface area contributed by atoms with E-state index in [2.05, 4.69) is 29.7 Å². The molecular weight excluding hydrogens is 394 g/mol. The van der Waals surface area contributed by atoms with Crippen molar-refractivity contribution < 1.29 is 19.0 Å². The molecule has 1 saturated heterocycles. The number of aryl methyl sites for hydroxylation is 1. The topological polar surface area (TPSA) is 65.8 Å². The molecule has 7 heteroatoms. The summed E-state index contributed by atoms with van der Waals surface area (Å²) < 4.78 is 18.8. The zero-order valence-electron chi connectivity index (χ0n) is 17.8. The van der Waals surface area contributed by atoms with E-state index in [-0.39, 0.29) is 25.2 Å². The number of imidazole rings is 1. The lowest BCUT2D eigenvalue weighted by Crippen LogP contribution is -2.42. The predicted molar refractivity (Wildman–Crippen MR) is 117 cm³/mol. The van der Waals surface area contributed by atoms with Crippen molar-refractivity contribution in [3.05, 3.63) is 48.3 Å². The first-order valence-corrected chi connectivity index (χ1v) is 11.0. The number of fused-ring (bicyclic) bond motifs is 2. The Bertz CT molecular complexity index is 1090. The molecule has 2 aromatic carbocycles.